The molecule has 0 bridgehead atoms. The maximum Gasteiger partial charge on any atom is 0.407 e. The molecule has 1 aliphatic rings. The van der Waals surface area contributed by atoms with Gasteiger partial charge in [-0.3, -0.25) is 9.59 Å². The van der Waals surface area contributed by atoms with Crippen LogP contribution in [0.25, 0.3) is 0 Å². The van der Waals surface area contributed by atoms with Crippen LogP contribution in [0.15, 0.2) is 18.2 Å². The van der Waals surface area contributed by atoms with Gasteiger partial charge in [-0.25, -0.2) is 13.6 Å². The Morgan fingerprint density at radius 2 is 1.69 bits per heavy atom. The number of hydrogen-bond acceptors (Lipinski definition) is 4. The van der Waals surface area contributed by atoms with Crippen LogP contribution in [0.1, 0.15) is 36.0 Å². The minimum Gasteiger partial charge on any atom is -0.465 e. The molecule has 2 rings (SSSR count). The van der Waals surface area contributed by atoms with Gasteiger partial charge in [-0.2, -0.15) is 0 Å². The lowest BCUT2D eigenvalue weighted by atomic mass is 9.90. The highest BCUT2D eigenvalue weighted by Crippen LogP contribution is 2.22. The lowest BCUT2D eigenvalue weighted by Crippen LogP contribution is -2.54. The Labute approximate surface area is 148 Å². The second-order valence-electron chi connectivity index (χ2n) is 6.24. The molecular weight excluding hydrogens is 350 g/mol. The molecule has 0 atom stereocenters. The topological polar surface area (TPSA) is 107 Å². The van der Waals surface area contributed by atoms with Gasteiger partial charge in [-0.15, -0.1) is 0 Å². The van der Waals surface area contributed by atoms with Gasteiger partial charge in [0.15, 0.2) is 5.78 Å². The van der Waals surface area contributed by atoms with E-state index < -0.39 is 35.0 Å². The number of aliphatic hydroxyl groups is 1. The molecule has 1 heterocycles. The summed E-state index contributed by atoms with van der Waals surface area (Å²) in [7, 11) is 0. The van der Waals surface area contributed by atoms with Gasteiger partial charge >= 0.3 is 6.09 Å². The third-order valence-electron chi connectivity index (χ3n) is 4.33. The number of piperidine rings is 1. The summed E-state index contributed by atoms with van der Waals surface area (Å²) in [6.45, 7) is 0.221. The SMILES string of the molecule is O=C(CCCNC(=O)C1(O)CCN(C(=O)O)CC1)c1cc(F)cc(F)c1. The molecule has 1 fully saturated rings. The largest absolute Gasteiger partial charge is 0.465 e. The van der Waals surface area contributed by atoms with Crippen molar-refractivity contribution in [3.8, 4) is 0 Å². The van der Waals surface area contributed by atoms with Crippen LogP contribution in [0, 0.1) is 11.6 Å². The van der Waals surface area contributed by atoms with Crippen molar-refractivity contribution in [1.82, 2.24) is 10.2 Å². The zero-order chi connectivity index (χ0) is 19.3. The quantitative estimate of drug-likeness (QED) is 0.520. The van der Waals surface area contributed by atoms with Gasteiger partial charge < -0.3 is 20.4 Å². The summed E-state index contributed by atoms with van der Waals surface area (Å²) in [6, 6.07) is 2.57. The average molecular weight is 370 g/mol. The van der Waals surface area contributed by atoms with Crippen LogP contribution >= 0.6 is 0 Å². The Morgan fingerprint density at radius 1 is 1.12 bits per heavy atom. The summed E-state index contributed by atoms with van der Waals surface area (Å²) in [6.07, 6.45) is -0.895. The number of nitrogens with zero attached hydrogens (tertiary/aromatic N) is 1. The molecule has 26 heavy (non-hydrogen) atoms. The number of carbonyl (C=O) groups is 3. The number of amides is 2. The molecule has 7 nitrogen and oxygen atoms in total. The Bertz CT molecular complexity index is 682. The number of Topliss-reactive ketones (excluding diaryl/α,β-unsaturated/α-hetero) is 1. The molecule has 0 radical (unpaired) electrons. The molecular formula is C17H20F2N2O5. The van der Waals surface area contributed by atoms with Gasteiger partial charge in [-0.05, 0) is 18.6 Å². The van der Waals surface area contributed by atoms with Crippen molar-refractivity contribution >= 4 is 17.8 Å². The molecule has 0 aliphatic carbocycles. The summed E-state index contributed by atoms with van der Waals surface area (Å²) in [5, 5.41) is 21.7. The number of nitrogens with one attached hydrogen (secondary N) is 1. The first-order valence-electron chi connectivity index (χ1n) is 8.19. The van der Waals surface area contributed by atoms with E-state index >= 15 is 0 Å². The van der Waals surface area contributed by atoms with Crippen LogP contribution in [0.3, 0.4) is 0 Å². The van der Waals surface area contributed by atoms with Crippen LogP contribution in [-0.2, 0) is 4.79 Å². The number of halogens is 2. The normalized spacial score (nSPS) is 16.2. The lowest BCUT2D eigenvalue weighted by Gasteiger charge is -2.35. The number of hydrogen-bond donors (Lipinski definition) is 3. The molecule has 3 N–H and O–H groups in total. The van der Waals surface area contributed by atoms with Crippen molar-refractivity contribution in [2.24, 2.45) is 0 Å². The van der Waals surface area contributed by atoms with E-state index in [-0.39, 0.29) is 50.9 Å². The predicted molar refractivity (Wildman–Crippen MR) is 86.7 cm³/mol. The second kappa shape index (κ2) is 8.22. The van der Waals surface area contributed by atoms with Crippen LogP contribution < -0.4 is 5.32 Å². The molecule has 0 saturated carbocycles. The summed E-state index contributed by atoms with van der Waals surface area (Å²) >= 11 is 0. The zero-order valence-electron chi connectivity index (χ0n) is 14.0. The molecule has 9 heteroatoms. The fourth-order valence-corrected chi connectivity index (χ4v) is 2.77. The summed E-state index contributed by atoms with van der Waals surface area (Å²) in [5.41, 5.74) is -1.71. The summed E-state index contributed by atoms with van der Waals surface area (Å²) < 4.78 is 26.2. The second-order valence-corrected chi connectivity index (χ2v) is 6.24. The molecule has 142 valence electrons. The van der Waals surface area contributed by atoms with Crippen molar-refractivity contribution in [2.45, 2.75) is 31.3 Å². The van der Waals surface area contributed by atoms with Gasteiger partial charge in [0.05, 0.1) is 0 Å². The van der Waals surface area contributed by atoms with Crippen molar-refractivity contribution in [3.63, 3.8) is 0 Å². The third-order valence-corrected chi connectivity index (χ3v) is 4.33. The lowest BCUT2D eigenvalue weighted by molar-refractivity contribution is -0.144. The average Bonchev–Trinajstić information content (AvgIpc) is 2.57. The van der Waals surface area contributed by atoms with Crippen molar-refractivity contribution in [3.05, 3.63) is 35.4 Å². The van der Waals surface area contributed by atoms with E-state index in [4.69, 9.17) is 5.11 Å². The number of likely N-dealkylation sites (tertiary alicyclic amines) is 1. The number of benzene rings is 1. The Hall–Kier alpha value is -2.55. The highest BCUT2D eigenvalue weighted by atomic mass is 19.1. The standard InChI is InChI=1S/C17H20F2N2O5/c18-12-8-11(9-13(19)10-12)14(22)2-1-5-20-15(23)17(26)3-6-21(7-4-17)16(24)25/h8-10,26H,1-7H2,(H,20,23)(H,24,25). The Kier molecular flexibility index (Phi) is 6.25. The Balaban J connectivity index is 1.76. The van der Waals surface area contributed by atoms with E-state index in [0.29, 0.717) is 6.07 Å². The first kappa shape index (κ1) is 19.8. The molecule has 1 aromatic rings. The highest BCUT2D eigenvalue weighted by Gasteiger charge is 2.40. The van der Waals surface area contributed by atoms with Gasteiger partial charge in [0, 0.05) is 50.5 Å². The maximum absolute atomic E-state index is 13.1. The molecule has 0 aromatic heterocycles. The van der Waals surface area contributed by atoms with Crippen molar-refractivity contribution < 1.29 is 33.4 Å². The highest BCUT2D eigenvalue weighted by molar-refractivity contribution is 5.96. The van der Waals surface area contributed by atoms with E-state index in [9.17, 15) is 28.3 Å². The molecule has 1 saturated heterocycles. The number of ketones is 1. The number of carbonyl (C=O) groups excluding carboxylic acids is 2. The van der Waals surface area contributed by atoms with Crippen molar-refractivity contribution in [2.75, 3.05) is 19.6 Å². The minimum atomic E-state index is -1.64. The fraction of sp³-hybridized carbons (Fsp3) is 0.471. The fourth-order valence-electron chi connectivity index (χ4n) is 2.77. The maximum atomic E-state index is 13.1. The molecule has 1 aliphatic heterocycles. The van der Waals surface area contributed by atoms with Gasteiger partial charge in [-0.1, -0.05) is 0 Å². The number of rotatable bonds is 6. The van der Waals surface area contributed by atoms with Gasteiger partial charge in [0.2, 0.25) is 0 Å². The third kappa shape index (κ3) is 4.98. The zero-order valence-corrected chi connectivity index (χ0v) is 14.0. The first-order valence-corrected chi connectivity index (χ1v) is 8.19. The predicted octanol–water partition coefficient (Wildman–Crippen LogP) is 1.55. The van der Waals surface area contributed by atoms with E-state index in [2.05, 4.69) is 5.32 Å². The first-order chi connectivity index (χ1) is 12.2. The minimum absolute atomic E-state index is 0.00731. The van der Waals surface area contributed by atoms with Gasteiger partial charge in [0.25, 0.3) is 5.91 Å². The number of carboxylic acid groups (broad SMARTS) is 1. The molecule has 1 aromatic carbocycles. The summed E-state index contributed by atoms with van der Waals surface area (Å²) in [4.78, 5) is 35.9. The van der Waals surface area contributed by atoms with Crippen LogP contribution in [-0.4, -0.2) is 58.1 Å². The Morgan fingerprint density at radius 3 is 2.23 bits per heavy atom. The molecule has 0 spiro atoms. The van der Waals surface area contributed by atoms with Crippen LogP contribution in [0.4, 0.5) is 13.6 Å². The summed E-state index contributed by atoms with van der Waals surface area (Å²) in [5.74, 6) is -2.74. The molecule has 0 unspecified atom stereocenters. The van der Waals surface area contributed by atoms with E-state index in [1.165, 1.54) is 0 Å². The van der Waals surface area contributed by atoms with E-state index in [0.717, 1.165) is 17.0 Å². The molecule has 2 amide bonds. The van der Waals surface area contributed by atoms with Crippen molar-refractivity contribution in [1.29, 1.82) is 0 Å². The van der Waals surface area contributed by atoms with Crippen LogP contribution in [0.5, 0.6) is 0 Å². The van der Waals surface area contributed by atoms with E-state index in [1.807, 2.05) is 0 Å². The van der Waals surface area contributed by atoms with Gasteiger partial charge in [0.1, 0.15) is 17.2 Å². The van der Waals surface area contributed by atoms with E-state index in [1.54, 1.807) is 0 Å². The smallest absolute Gasteiger partial charge is 0.407 e. The monoisotopic (exact) mass is 370 g/mol. The van der Waals surface area contributed by atoms with Crippen LogP contribution in [0.2, 0.25) is 0 Å².